The number of benzene rings is 1. The molecule has 1 heterocycles. The maximum Gasteiger partial charge on any atom is 0.270 e. The van der Waals surface area contributed by atoms with Crippen LogP contribution in [0.15, 0.2) is 45.9 Å². The zero-order valence-corrected chi connectivity index (χ0v) is 12.2. The third-order valence-corrected chi connectivity index (χ3v) is 4.11. The Bertz CT molecular complexity index is 734. The van der Waals surface area contributed by atoms with E-state index in [2.05, 4.69) is 15.9 Å². The molecule has 0 N–H and O–H groups in total. The molecule has 1 amide bonds. The highest BCUT2D eigenvalue weighted by molar-refractivity contribution is 9.10. The van der Waals surface area contributed by atoms with Crippen LogP contribution in [0.25, 0.3) is 0 Å². The summed E-state index contributed by atoms with van der Waals surface area (Å²) in [5.41, 5.74) is 0.0323. The number of amides is 1. The SMILES string of the molecule is O=C(c1ccc([N+](=O)[O-])cc1Br)N1C=CS(=O)(=O)C=C1. The molecule has 0 aromatic heterocycles. The van der Waals surface area contributed by atoms with E-state index in [0.717, 1.165) is 28.1 Å². The van der Waals surface area contributed by atoms with Gasteiger partial charge in [0.05, 0.1) is 21.3 Å². The monoisotopic (exact) mass is 358 g/mol. The molecule has 0 spiro atoms. The van der Waals surface area contributed by atoms with Crippen LogP contribution in [0.2, 0.25) is 0 Å². The highest BCUT2D eigenvalue weighted by atomic mass is 79.9. The van der Waals surface area contributed by atoms with E-state index in [-0.39, 0.29) is 15.7 Å². The van der Waals surface area contributed by atoms with Crippen LogP contribution in [0.1, 0.15) is 10.4 Å². The summed E-state index contributed by atoms with van der Waals surface area (Å²) in [6, 6.07) is 3.71. The van der Waals surface area contributed by atoms with Crippen LogP contribution in [0.5, 0.6) is 0 Å². The van der Waals surface area contributed by atoms with E-state index < -0.39 is 20.7 Å². The quantitative estimate of drug-likeness (QED) is 0.595. The lowest BCUT2D eigenvalue weighted by Crippen LogP contribution is -2.23. The summed E-state index contributed by atoms with van der Waals surface area (Å²) in [4.78, 5) is 23.2. The van der Waals surface area contributed by atoms with E-state index in [0.29, 0.717) is 0 Å². The number of halogens is 1. The molecule has 1 aliphatic rings. The van der Waals surface area contributed by atoms with Gasteiger partial charge in [0.25, 0.3) is 11.6 Å². The minimum Gasteiger partial charge on any atom is -0.289 e. The van der Waals surface area contributed by atoms with E-state index >= 15 is 0 Å². The second kappa shape index (κ2) is 5.17. The third kappa shape index (κ3) is 2.94. The van der Waals surface area contributed by atoms with E-state index in [1.807, 2.05) is 0 Å². The van der Waals surface area contributed by atoms with Crippen molar-refractivity contribution >= 4 is 37.4 Å². The second-order valence-corrected chi connectivity index (χ2v) is 6.37. The Kier molecular flexibility index (Phi) is 3.73. The Balaban J connectivity index is 2.32. The van der Waals surface area contributed by atoms with Gasteiger partial charge < -0.3 is 0 Å². The van der Waals surface area contributed by atoms with Crippen molar-refractivity contribution < 1.29 is 18.1 Å². The van der Waals surface area contributed by atoms with Crippen molar-refractivity contribution in [2.45, 2.75) is 0 Å². The number of hydrogen-bond donors (Lipinski definition) is 0. The lowest BCUT2D eigenvalue weighted by Gasteiger charge is -2.16. The molecule has 0 saturated carbocycles. The van der Waals surface area contributed by atoms with Crippen molar-refractivity contribution in [1.82, 2.24) is 4.90 Å². The Labute approximate surface area is 122 Å². The van der Waals surface area contributed by atoms with Crippen molar-refractivity contribution in [3.63, 3.8) is 0 Å². The first-order valence-corrected chi connectivity index (χ1v) is 7.58. The Morgan fingerprint density at radius 3 is 2.35 bits per heavy atom. The van der Waals surface area contributed by atoms with Gasteiger partial charge in [-0.3, -0.25) is 19.8 Å². The number of carbonyl (C=O) groups is 1. The minimum absolute atomic E-state index is 0.152. The first-order valence-electron chi connectivity index (χ1n) is 5.18. The van der Waals surface area contributed by atoms with Gasteiger partial charge in [0.1, 0.15) is 0 Å². The molecule has 0 fully saturated rings. The largest absolute Gasteiger partial charge is 0.289 e. The van der Waals surface area contributed by atoms with E-state index in [9.17, 15) is 23.3 Å². The van der Waals surface area contributed by atoms with Crippen molar-refractivity contribution in [2.75, 3.05) is 0 Å². The topological polar surface area (TPSA) is 97.6 Å². The smallest absolute Gasteiger partial charge is 0.270 e. The van der Waals surface area contributed by atoms with Gasteiger partial charge in [-0.05, 0) is 22.0 Å². The molecule has 0 saturated heterocycles. The average Bonchev–Trinajstić information content (AvgIpc) is 2.37. The van der Waals surface area contributed by atoms with Gasteiger partial charge in [-0.1, -0.05) is 0 Å². The molecule has 0 bridgehead atoms. The number of carbonyl (C=O) groups excluding carboxylic acids is 1. The van der Waals surface area contributed by atoms with Gasteiger partial charge in [-0.25, -0.2) is 8.42 Å². The van der Waals surface area contributed by atoms with Crippen LogP contribution in [0.3, 0.4) is 0 Å². The molecule has 0 unspecified atom stereocenters. The molecule has 1 aromatic rings. The molecule has 0 atom stereocenters. The lowest BCUT2D eigenvalue weighted by molar-refractivity contribution is -0.384. The number of nitro benzene ring substituents is 1. The number of sulfone groups is 1. The second-order valence-electron chi connectivity index (χ2n) is 3.79. The molecule has 2 rings (SSSR count). The molecule has 1 aliphatic heterocycles. The fraction of sp³-hybridized carbons (Fsp3) is 0. The Morgan fingerprint density at radius 1 is 1.25 bits per heavy atom. The van der Waals surface area contributed by atoms with Crippen LogP contribution < -0.4 is 0 Å². The number of nitro groups is 1. The summed E-state index contributed by atoms with van der Waals surface area (Å²) >= 11 is 3.09. The fourth-order valence-electron chi connectivity index (χ4n) is 1.46. The Hall–Kier alpha value is -2.00. The summed E-state index contributed by atoms with van der Waals surface area (Å²) in [5, 5.41) is 12.4. The van der Waals surface area contributed by atoms with E-state index in [1.165, 1.54) is 18.2 Å². The molecular weight excluding hydrogens is 352 g/mol. The zero-order valence-electron chi connectivity index (χ0n) is 9.76. The predicted molar refractivity (Wildman–Crippen MR) is 74.2 cm³/mol. The van der Waals surface area contributed by atoms with Crippen LogP contribution in [-0.2, 0) is 9.84 Å². The number of non-ortho nitro benzene ring substituents is 1. The fourth-order valence-corrected chi connectivity index (χ4v) is 2.69. The maximum atomic E-state index is 12.1. The first kappa shape index (κ1) is 14.4. The standard InChI is InChI=1S/C11H7BrN2O5S/c12-10-7-8(14(16)17)1-2-9(10)11(15)13-3-5-20(18,19)6-4-13/h1-7H. The van der Waals surface area contributed by atoms with Crippen LogP contribution in [0.4, 0.5) is 5.69 Å². The zero-order chi connectivity index (χ0) is 14.9. The maximum absolute atomic E-state index is 12.1. The molecule has 0 radical (unpaired) electrons. The van der Waals surface area contributed by atoms with Crippen LogP contribution >= 0.6 is 15.9 Å². The predicted octanol–water partition coefficient (Wildman–Crippen LogP) is 2.17. The third-order valence-electron chi connectivity index (χ3n) is 2.45. The number of nitrogens with zero attached hydrogens (tertiary/aromatic N) is 2. The first-order chi connectivity index (χ1) is 9.30. The number of hydrogen-bond acceptors (Lipinski definition) is 5. The molecular formula is C11H7BrN2O5S. The molecule has 20 heavy (non-hydrogen) atoms. The van der Waals surface area contributed by atoms with Gasteiger partial charge in [-0.15, -0.1) is 0 Å². The highest BCUT2D eigenvalue weighted by Gasteiger charge is 2.20. The van der Waals surface area contributed by atoms with Crippen LogP contribution in [-0.4, -0.2) is 24.1 Å². The van der Waals surface area contributed by atoms with Gasteiger partial charge in [0, 0.05) is 29.0 Å². The summed E-state index contributed by atoms with van der Waals surface area (Å²) in [6.45, 7) is 0. The van der Waals surface area contributed by atoms with Crippen molar-refractivity contribution in [3.05, 3.63) is 61.6 Å². The van der Waals surface area contributed by atoms with Gasteiger partial charge in [0.15, 0.2) is 9.84 Å². The molecule has 1 aromatic carbocycles. The number of rotatable bonds is 2. The summed E-state index contributed by atoms with van der Waals surface area (Å²) in [7, 11) is -3.42. The lowest BCUT2D eigenvalue weighted by atomic mass is 10.2. The van der Waals surface area contributed by atoms with Crippen molar-refractivity contribution in [3.8, 4) is 0 Å². The summed E-state index contributed by atoms with van der Waals surface area (Å²) in [6.07, 6.45) is 2.23. The van der Waals surface area contributed by atoms with Crippen molar-refractivity contribution in [2.24, 2.45) is 0 Å². The minimum atomic E-state index is -3.42. The Morgan fingerprint density at radius 2 is 1.85 bits per heavy atom. The van der Waals surface area contributed by atoms with Crippen LogP contribution in [0, 0.1) is 10.1 Å². The summed E-state index contributed by atoms with van der Waals surface area (Å²) in [5.74, 6) is -0.505. The molecule has 7 nitrogen and oxygen atoms in total. The molecule has 9 heteroatoms. The highest BCUT2D eigenvalue weighted by Crippen LogP contribution is 2.25. The van der Waals surface area contributed by atoms with Gasteiger partial charge >= 0.3 is 0 Å². The van der Waals surface area contributed by atoms with Crippen molar-refractivity contribution in [1.29, 1.82) is 0 Å². The molecule has 104 valence electrons. The van der Waals surface area contributed by atoms with E-state index in [4.69, 9.17) is 0 Å². The van der Waals surface area contributed by atoms with Gasteiger partial charge in [-0.2, -0.15) is 0 Å². The van der Waals surface area contributed by atoms with E-state index in [1.54, 1.807) is 0 Å². The summed E-state index contributed by atoms with van der Waals surface area (Å²) < 4.78 is 22.5. The molecule has 0 aliphatic carbocycles. The average molecular weight is 359 g/mol. The normalized spacial score (nSPS) is 16.1. The van der Waals surface area contributed by atoms with Gasteiger partial charge in [0.2, 0.25) is 0 Å².